The smallest absolute Gasteiger partial charge is 0.248 e. The second-order valence-corrected chi connectivity index (χ2v) is 7.54. The molecule has 1 aromatic carbocycles. The second kappa shape index (κ2) is 8.42. The number of benzene rings is 1. The number of rotatable bonds is 5. The molecule has 0 radical (unpaired) electrons. The van der Waals surface area contributed by atoms with Crippen LogP contribution in [0.3, 0.4) is 0 Å². The molecular formula is C18H26N4OS. The van der Waals surface area contributed by atoms with Crippen molar-refractivity contribution in [3.63, 3.8) is 0 Å². The Bertz CT molecular complexity index is 598. The van der Waals surface area contributed by atoms with E-state index in [9.17, 15) is 4.79 Å². The van der Waals surface area contributed by atoms with E-state index in [1.165, 1.54) is 24.2 Å². The number of hydrogen-bond acceptors (Lipinski definition) is 3. The average molecular weight is 347 g/mol. The summed E-state index contributed by atoms with van der Waals surface area (Å²) in [6.07, 6.45) is 3.50. The molecule has 0 saturated carbocycles. The molecule has 0 bridgehead atoms. The summed E-state index contributed by atoms with van der Waals surface area (Å²) in [6.45, 7) is 4.69. The van der Waals surface area contributed by atoms with Gasteiger partial charge in [-0.25, -0.2) is 4.99 Å². The highest BCUT2D eigenvalue weighted by Gasteiger charge is 2.23. The lowest BCUT2D eigenvalue weighted by Gasteiger charge is -2.17. The van der Waals surface area contributed by atoms with Crippen molar-refractivity contribution in [2.24, 2.45) is 4.99 Å². The predicted molar refractivity (Wildman–Crippen MR) is 102 cm³/mol. The molecule has 1 unspecified atom stereocenters. The van der Waals surface area contributed by atoms with Gasteiger partial charge in [-0.2, -0.15) is 11.8 Å². The molecule has 0 aromatic heterocycles. The Morgan fingerprint density at radius 3 is 3.04 bits per heavy atom. The summed E-state index contributed by atoms with van der Waals surface area (Å²) in [5, 5.41) is 7.27. The highest BCUT2D eigenvalue weighted by atomic mass is 32.2. The minimum atomic E-state index is 0.0624. The fraction of sp³-hybridized carbons (Fsp3) is 0.556. The molecule has 1 amide bonds. The highest BCUT2D eigenvalue weighted by molar-refractivity contribution is 8.00. The second-order valence-electron chi connectivity index (χ2n) is 6.14. The molecule has 1 aromatic rings. The van der Waals surface area contributed by atoms with Crippen molar-refractivity contribution in [2.45, 2.75) is 31.4 Å². The Morgan fingerprint density at radius 2 is 2.25 bits per heavy atom. The fourth-order valence-electron chi connectivity index (χ4n) is 3.19. The summed E-state index contributed by atoms with van der Waals surface area (Å²) in [5.41, 5.74) is 2.29. The van der Waals surface area contributed by atoms with Gasteiger partial charge < -0.3 is 15.5 Å². The molecule has 1 fully saturated rings. The molecule has 24 heavy (non-hydrogen) atoms. The van der Waals surface area contributed by atoms with Crippen LogP contribution in [0.2, 0.25) is 0 Å². The Morgan fingerprint density at radius 1 is 1.38 bits per heavy atom. The van der Waals surface area contributed by atoms with Gasteiger partial charge in [0.05, 0.1) is 0 Å². The lowest BCUT2D eigenvalue weighted by Crippen LogP contribution is -2.41. The molecule has 5 nitrogen and oxygen atoms in total. The van der Waals surface area contributed by atoms with Gasteiger partial charge in [0, 0.05) is 30.6 Å². The maximum Gasteiger partial charge on any atom is 0.248 e. The number of carbonyl (C=O) groups is 1. The van der Waals surface area contributed by atoms with E-state index in [-0.39, 0.29) is 12.5 Å². The third-order valence-electron chi connectivity index (χ3n) is 4.43. The average Bonchev–Trinajstić information content (AvgIpc) is 3.26. The van der Waals surface area contributed by atoms with Crippen molar-refractivity contribution in [1.82, 2.24) is 10.6 Å². The van der Waals surface area contributed by atoms with Crippen LogP contribution in [-0.2, 0) is 11.2 Å². The van der Waals surface area contributed by atoms with Crippen LogP contribution < -0.4 is 15.5 Å². The third kappa shape index (κ3) is 4.23. The third-order valence-corrected chi connectivity index (χ3v) is 5.82. The first-order chi connectivity index (χ1) is 11.8. The highest BCUT2D eigenvalue weighted by Crippen LogP contribution is 2.27. The van der Waals surface area contributed by atoms with E-state index < -0.39 is 0 Å². The van der Waals surface area contributed by atoms with E-state index in [2.05, 4.69) is 21.7 Å². The molecule has 0 aliphatic carbocycles. The number of anilines is 1. The molecule has 2 aliphatic rings. The van der Waals surface area contributed by atoms with Crippen LogP contribution in [-0.4, -0.2) is 49.0 Å². The van der Waals surface area contributed by atoms with Gasteiger partial charge in [0.15, 0.2) is 5.96 Å². The minimum Gasteiger partial charge on any atom is -0.357 e. The molecule has 0 spiro atoms. The van der Waals surface area contributed by atoms with Gasteiger partial charge in [-0.15, -0.1) is 0 Å². The van der Waals surface area contributed by atoms with Gasteiger partial charge in [0.1, 0.15) is 6.54 Å². The van der Waals surface area contributed by atoms with Crippen molar-refractivity contribution in [3.05, 3.63) is 29.8 Å². The normalized spacial score (nSPS) is 20.1. The zero-order valence-corrected chi connectivity index (χ0v) is 15.1. The van der Waals surface area contributed by atoms with Gasteiger partial charge in [-0.1, -0.05) is 18.2 Å². The summed E-state index contributed by atoms with van der Waals surface area (Å²) in [4.78, 5) is 18.9. The number of fused-ring (bicyclic) bond motifs is 1. The zero-order valence-electron chi connectivity index (χ0n) is 14.3. The quantitative estimate of drug-likeness (QED) is 0.633. The van der Waals surface area contributed by atoms with Gasteiger partial charge in [-0.05, 0) is 43.6 Å². The van der Waals surface area contributed by atoms with Gasteiger partial charge in [-0.3, -0.25) is 4.79 Å². The number of nitrogens with one attached hydrogen (secondary N) is 2. The SMILES string of the molecule is CCNC(=NCC(=O)N1CCc2ccccc21)NCC1CCCS1. The van der Waals surface area contributed by atoms with Crippen molar-refractivity contribution in [3.8, 4) is 0 Å². The largest absolute Gasteiger partial charge is 0.357 e. The van der Waals surface area contributed by atoms with Crippen molar-refractivity contribution in [1.29, 1.82) is 0 Å². The summed E-state index contributed by atoms with van der Waals surface area (Å²) in [7, 11) is 0. The summed E-state index contributed by atoms with van der Waals surface area (Å²) in [6, 6.07) is 8.12. The van der Waals surface area contributed by atoms with Crippen molar-refractivity contribution in [2.75, 3.05) is 36.8 Å². The standard InChI is InChI=1S/C18H26N4OS/c1-2-19-18(20-12-15-7-5-11-24-15)21-13-17(23)22-10-9-14-6-3-4-8-16(14)22/h3-4,6,8,15H,2,5,7,9-13H2,1H3,(H2,19,20,21). The molecule has 6 heteroatoms. The van der Waals surface area contributed by atoms with E-state index in [1.54, 1.807) is 0 Å². The summed E-state index contributed by atoms with van der Waals surface area (Å²) >= 11 is 2.02. The topological polar surface area (TPSA) is 56.7 Å². The molecule has 2 N–H and O–H groups in total. The summed E-state index contributed by atoms with van der Waals surface area (Å²) in [5.74, 6) is 2.06. The Labute approximate surface area is 148 Å². The number of thioether (sulfide) groups is 1. The van der Waals surface area contributed by atoms with E-state index >= 15 is 0 Å². The summed E-state index contributed by atoms with van der Waals surface area (Å²) < 4.78 is 0. The number of hydrogen-bond donors (Lipinski definition) is 2. The van der Waals surface area contributed by atoms with Crippen LogP contribution in [0.25, 0.3) is 0 Å². The molecular weight excluding hydrogens is 320 g/mol. The first-order valence-corrected chi connectivity index (χ1v) is 9.85. The maximum absolute atomic E-state index is 12.5. The van der Waals surface area contributed by atoms with Crippen molar-refractivity contribution < 1.29 is 4.79 Å². The fourth-order valence-corrected chi connectivity index (χ4v) is 4.39. The first-order valence-electron chi connectivity index (χ1n) is 8.80. The van der Waals surface area contributed by atoms with Crippen LogP contribution in [0, 0.1) is 0 Å². The monoisotopic (exact) mass is 346 g/mol. The first kappa shape index (κ1) is 17.1. The Balaban J connectivity index is 1.56. The number of carbonyl (C=O) groups excluding carboxylic acids is 1. The number of guanidine groups is 1. The number of para-hydroxylation sites is 1. The van der Waals surface area contributed by atoms with Crippen LogP contribution >= 0.6 is 11.8 Å². The van der Waals surface area contributed by atoms with E-state index in [0.29, 0.717) is 5.25 Å². The molecule has 2 heterocycles. The molecule has 3 rings (SSSR count). The maximum atomic E-state index is 12.5. The Kier molecular flexibility index (Phi) is 6.01. The van der Waals surface area contributed by atoms with Gasteiger partial charge in [0.2, 0.25) is 5.91 Å². The lowest BCUT2D eigenvalue weighted by atomic mass is 10.2. The molecule has 2 aliphatic heterocycles. The zero-order chi connectivity index (χ0) is 16.8. The number of nitrogens with zero attached hydrogens (tertiary/aromatic N) is 2. The van der Waals surface area contributed by atoms with E-state index in [0.717, 1.165) is 37.7 Å². The van der Waals surface area contributed by atoms with E-state index in [1.807, 2.05) is 41.8 Å². The van der Waals surface area contributed by atoms with Gasteiger partial charge >= 0.3 is 0 Å². The van der Waals surface area contributed by atoms with Crippen molar-refractivity contribution >= 4 is 29.3 Å². The Hall–Kier alpha value is -1.69. The molecule has 1 atom stereocenters. The van der Waals surface area contributed by atoms with Crippen LogP contribution in [0.5, 0.6) is 0 Å². The molecule has 130 valence electrons. The number of aliphatic imine (C=N–C) groups is 1. The van der Waals surface area contributed by atoms with Crippen LogP contribution in [0.1, 0.15) is 25.3 Å². The van der Waals surface area contributed by atoms with Gasteiger partial charge in [0.25, 0.3) is 0 Å². The van der Waals surface area contributed by atoms with Crippen LogP contribution in [0.4, 0.5) is 5.69 Å². The van der Waals surface area contributed by atoms with E-state index in [4.69, 9.17) is 0 Å². The molecule has 1 saturated heterocycles. The predicted octanol–water partition coefficient (Wildman–Crippen LogP) is 2.03. The lowest BCUT2D eigenvalue weighted by molar-refractivity contribution is -0.117. The van der Waals surface area contributed by atoms with Crippen LogP contribution in [0.15, 0.2) is 29.3 Å². The number of amides is 1. The minimum absolute atomic E-state index is 0.0624.